The molecule has 1 saturated carbocycles. The van der Waals surface area contributed by atoms with Gasteiger partial charge in [-0.2, -0.15) is 0 Å². The number of hydrogen-bond acceptors (Lipinski definition) is 3. The van der Waals surface area contributed by atoms with E-state index < -0.39 is 0 Å². The Morgan fingerprint density at radius 3 is 2.90 bits per heavy atom. The van der Waals surface area contributed by atoms with Crippen molar-refractivity contribution in [2.45, 2.75) is 58.2 Å². The molecule has 0 bridgehead atoms. The van der Waals surface area contributed by atoms with E-state index in [9.17, 15) is 0 Å². The lowest BCUT2D eigenvalue weighted by atomic mass is 9.61. The molecule has 1 heterocycles. The molecule has 1 aromatic carbocycles. The molecule has 4 atom stereocenters. The molecule has 116 valence electrons. The summed E-state index contributed by atoms with van der Waals surface area (Å²) in [6, 6.07) is 9.36. The van der Waals surface area contributed by atoms with Crippen molar-refractivity contribution in [1.82, 2.24) is 5.32 Å². The molecule has 4 unspecified atom stereocenters. The van der Waals surface area contributed by atoms with Crippen molar-refractivity contribution in [2.24, 2.45) is 5.41 Å². The van der Waals surface area contributed by atoms with Crippen LogP contribution in [0.15, 0.2) is 24.3 Å². The van der Waals surface area contributed by atoms with E-state index in [0.29, 0.717) is 18.2 Å². The van der Waals surface area contributed by atoms with Gasteiger partial charge in [-0.15, -0.1) is 0 Å². The molecule has 0 radical (unpaired) electrons. The second-order valence-corrected chi connectivity index (χ2v) is 6.49. The van der Waals surface area contributed by atoms with E-state index in [-0.39, 0.29) is 5.41 Å². The van der Waals surface area contributed by atoms with Crippen LogP contribution in [0.2, 0.25) is 0 Å². The molecule has 3 rings (SSSR count). The number of rotatable bonds is 5. The molecular formula is C18H27NO2. The number of fused-ring (bicyclic) bond motifs is 1. The summed E-state index contributed by atoms with van der Waals surface area (Å²) in [6.45, 7) is 8.34. The van der Waals surface area contributed by atoms with Crippen LogP contribution < -0.4 is 10.1 Å². The molecule has 3 heteroatoms. The zero-order valence-electron chi connectivity index (χ0n) is 13.4. The first-order valence-electron chi connectivity index (χ1n) is 8.28. The molecule has 0 spiro atoms. The van der Waals surface area contributed by atoms with Gasteiger partial charge in [0.05, 0.1) is 12.7 Å². The van der Waals surface area contributed by atoms with Crippen molar-refractivity contribution < 1.29 is 9.47 Å². The Kier molecular flexibility index (Phi) is 4.23. The summed E-state index contributed by atoms with van der Waals surface area (Å²) in [6.07, 6.45) is 3.73. The highest BCUT2D eigenvalue weighted by Crippen LogP contribution is 2.47. The highest BCUT2D eigenvalue weighted by Gasteiger charge is 2.51. The molecule has 3 nitrogen and oxygen atoms in total. The summed E-state index contributed by atoms with van der Waals surface area (Å²) in [5.41, 5.74) is 1.56. The van der Waals surface area contributed by atoms with E-state index in [4.69, 9.17) is 9.47 Å². The van der Waals surface area contributed by atoms with Gasteiger partial charge in [-0.1, -0.05) is 32.0 Å². The maximum Gasteiger partial charge on any atom is 0.124 e. The molecule has 2 aliphatic rings. The normalized spacial score (nSPS) is 34.7. The second-order valence-electron chi connectivity index (χ2n) is 6.49. The Morgan fingerprint density at radius 1 is 1.33 bits per heavy atom. The topological polar surface area (TPSA) is 30.5 Å². The van der Waals surface area contributed by atoms with E-state index >= 15 is 0 Å². The molecule has 1 N–H and O–H groups in total. The lowest BCUT2D eigenvalue weighted by Crippen LogP contribution is -2.62. The zero-order chi connectivity index (χ0) is 14.9. The highest BCUT2D eigenvalue weighted by molar-refractivity contribution is 5.37. The Balaban J connectivity index is 1.71. The Morgan fingerprint density at radius 2 is 2.14 bits per heavy atom. The summed E-state index contributed by atoms with van der Waals surface area (Å²) >= 11 is 0. The summed E-state index contributed by atoms with van der Waals surface area (Å²) in [5.74, 6) is 1.04. The number of nitrogens with one attached hydrogen (secondary N) is 1. The number of ether oxygens (including phenoxy) is 2. The van der Waals surface area contributed by atoms with Gasteiger partial charge in [0, 0.05) is 36.1 Å². The fraction of sp³-hybridized carbons (Fsp3) is 0.667. The monoisotopic (exact) mass is 289 g/mol. The lowest BCUT2D eigenvalue weighted by Gasteiger charge is -2.55. The minimum Gasteiger partial charge on any atom is -0.493 e. The third kappa shape index (κ3) is 2.58. The first kappa shape index (κ1) is 14.9. The number of hydrogen-bond donors (Lipinski definition) is 1. The maximum absolute atomic E-state index is 5.91. The van der Waals surface area contributed by atoms with Gasteiger partial charge >= 0.3 is 0 Å². The maximum atomic E-state index is 5.91. The Labute approximate surface area is 128 Å². The van der Waals surface area contributed by atoms with Crippen LogP contribution in [0.25, 0.3) is 0 Å². The van der Waals surface area contributed by atoms with E-state index in [1.54, 1.807) is 0 Å². The summed E-state index contributed by atoms with van der Waals surface area (Å²) < 4.78 is 11.7. The van der Waals surface area contributed by atoms with Crippen molar-refractivity contribution in [3.05, 3.63) is 29.8 Å². The van der Waals surface area contributed by atoms with Gasteiger partial charge < -0.3 is 14.8 Å². The predicted octanol–water partition coefficient (Wildman–Crippen LogP) is 3.69. The van der Waals surface area contributed by atoms with Gasteiger partial charge in [0.1, 0.15) is 5.75 Å². The van der Waals surface area contributed by atoms with E-state index in [1.807, 2.05) is 6.07 Å². The molecule has 1 aliphatic carbocycles. The number of benzene rings is 1. The minimum atomic E-state index is 0.253. The summed E-state index contributed by atoms with van der Waals surface area (Å²) in [7, 11) is 0. The molecule has 1 aromatic rings. The molecule has 21 heavy (non-hydrogen) atoms. The molecule has 0 amide bonds. The van der Waals surface area contributed by atoms with E-state index in [0.717, 1.165) is 38.2 Å². The molecular weight excluding hydrogens is 262 g/mol. The highest BCUT2D eigenvalue weighted by atomic mass is 16.5. The van der Waals surface area contributed by atoms with Gasteiger partial charge in [0.15, 0.2) is 0 Å². The Bertz CT molecular complexity index is 490. The fourth-order valence-corrected chi connectivity index (χ4v) is 3.77. The van der Waals surface area contributed by atoms with Crippen LogP contribution in [0.5, 0.6) is 5.75 Å². The lowest BCUT2D eigenvalue weighted by molar-refractivity contribution is -0.128. The average molecular weight is 289 g/mol. The predicted molar refractivity (Wildman–Crippen MR) is 84.6 cm³/mol. The SMILES string of the molecule is CCOC1CC(NC2CCOc3ccccc32)C1(C)CC. The summed E-state index contributed by atoms with van der Waals surface area (Å²) in [5, 5.41) is 3.88. The summed E-state index contributed by atoms with van der Waals surface area (Å²) in [4.78, 5) is 0. The van der Waals surface area contributed by atoms with Crippen molar-refractivity contribution in [3.63, 3.8) is 0 Å². The van der Waals surface area contributed by atoms with Crippen molar-refractivity contribution in [2.75, 3.05) is 13.2 Å². The third-order valence-electron chi connectivity index (χ3n) is 5.47. The smallest absolute Gasteiger partial charge is 0.124 e. The molecule has 0 aromatic heterocycles. The van der Waals surface area contributed by atoms with Gasteiger partial charge in [-0.05, 0) is 25.8 Å². The standard InChI is InChI=1S/C18H27NO2/c1-4-18(3)16(12-17(18)20-5-2)19-14-10-11-21-15-9-7-6-8-13(14)15/h6-9,14,16-17,19H,4-5,10-12H2,1-3H3. The van der Waals surface area contributed by atoms with Crippen LogP contribution in [0, 0.1) is 5.41 Å². The van der Waals surface area contributed by atoms with Crippen LogP contribution in [-0.2, 0) is 4.74 Å². The van der Waals surface area contributed by atoms with Crippen LogP contribution in [0.3, 0.4) is 0 Å². The average Bonchev–Trinajstić information content (AvgIpc) is 2.53. The molecule has 1 fully saturated rings. The first-order valence-corrected chi connectivity index (χ1v) is 8.28. The fourth-order valence-electron chi connectivity index (χ4n) is 3.77. The van der Waals surface area contributed by atoms with Crippen LogP contribution >= 0.6 is 0 Å². The van der Waals surface area contributed by atoms with E-state index in [2.05, 4.69) is 44.3 Å². The van der Waals surface area contributed by atoms with Crippen LogP contribution in [0.4, 0.5) is 0 Å². The van der Waals surface area contributed by atoms with Crippen molar-refractivity contribution >= 4 is 0 Å². The van der Waals surface area contributed by atoms with Crippen molar-refractivity contribution in [1.29, 1.82) is 0 Å². The van der Waals surface area contributed by atoms with Gasteiger partial charge in [-0.3, -0.25) is 0 Å². The van der Waals surface area contributed by atoms with Crippen LogP contribution in [-0.4, -0.2) is 25.4 Å². The van der Waals surface area contributed by atoms with Gasteiger partial charge in [0.2, 0.25) is 0 Å². The largest absolute Gasteiger partial charge is 0.493 e. The van der Waals surface area contributed by atoms with Gasteiger partial charge in [0.25, 0.3) is 0 Å². The first-order chi connectivity index (χ1) is 10.2. The van der Waals surface area contributed by atoms with E-state index in [1.165, 1.54) is 5.56 Å². The molecule has 0 saturated heterocycles. The second kappa shape index (κ2) is 5.98. The number of para-hydroxylation sites is 1. The molecule has 1 aliphatic heterocycles. The quantitative estimate of drug-likeness (QED) is 0.896. The van der Waals surface area contributed by atoms with Crippen molar-refractivity contribution in [3.8, 4) is 5.75 Å². The van der Waals surface area contributed by atoms with Crippen LogP contribution in [0.1, 0.15) is 51.6 Å². The van der Waals surface area contributed by atoms with Gasteiger partial charge in [-0.25, -0.2) is 0 Å². The zero-order valence-corrected chi connectivity index (χ0v) is 13.4. The third-order valence-corrected chi connectivity index (χ3v) is 5.47. The Hall–Kier alpha value is -1.06. The minimum absolute atomic E-state index is 0.253.